The van der Waals surface area contributed by atoms with Crippen LogP contribution >= 0.6 is 0 Å². The lowest BCUT2D eigenvalue weighted by Crippen LogP contribution is -2.32. The lowest BCUT2D eigenvalue weighted by Gasteiger charge is -2.16. The Morgan fingerprint density at radius 1 is 1.33 bits per heavy atom. The molecule has 1 saturated heterocycles. The summed E-state index contributed by atoms with van der Waals surface area (Å²) in [6.07, 6.45) is -2.83. The largest absolute Gasteiger partial charge is 0.397 e. The summed E-state index contributed by atoms with van der Waals surface area (Å²) in [6.45, 7) is -0.813. The average molecular weight is 387 g/mol. The van der Waals surface area contributed by atoms with Gasteiger partial charge in [-0.15, -0.1) is 0 Å². The van der Waals surface area contributed by atoms with E-state index in [0.29, 0.717) is 0 Å². The lowest BCUT2D eigenvalue weighted by atomic mass is 10.2. The highest BCUT2D eigenvalue weighted by atomic mass is 32.3. The van der Waals surface area contributed by atoms with Crippen LogP contribution in [0.3, 0.4) is 0 Å². The maximum absolute atomic E-state index is 11.8. The van der Waals surface area contributed by atoms with Crippen molar-refractivity contribution in [1.29, 1.82) is 0 Å². The van der Waals surface area contributed by atoms with Gasteiger partial charge in [-0.05, 0) is 6.07 Å². The van der Waals surface area contributed by atoms with E-state index in [2.05, 4.69) is 13.4 Å². The summed E-state index contributed by atoms with van der Waals surface area (Å²) in [4.78, 5) is 15.2. The first-order valence-corrected chi connectivity index (χ1v) is 8.95. The summed E-state index contributed by atoms with van der Waals surface area (Å²) in [7, 11) is -9.71. The predicted octanol–water partition coefficient (Wildman–Crippen LogP) is -1.88. The Morgan fingerprint density at radius 3 is 2.54 bits per heavy atom. The summed E-state index contributed by atoms with van der Waals surface area (Å²) in [6, 6.07) is 1.28. The SMILES string of the molecule is Nc1ccn([C@H]2C[C@H](OS(=O)(=O)O)[C@@H](COS(=O)(=O)O)O2)c(=O)n1. The van der Waals surface area contributed by atoms with Gasteiger partial charge >= 0.3 is 26.5 Å². The van der Waals surface area contributed by atoms with Crippen LogP contribution in [0.25, 0.3) is 0 Å². The quantitative estimate of drug-likeness (QED) is 0.460. The van der Waals surface area contributed by atoms with Gasteiger partial charge < -0.3 is 10.5 Å². The minimum atomic E-state index is -4.89. The van der Waals surface area contributed by atoms with Crippen LogP contribution in [-0.4, -0.2) is 54.3 Å². The Hall–Kier alpha value is -1.62. The van der Waals surface area contributed by atoms with Gasteiger partial charge in [-0.25, -0.2) is 13.2 Å². The molecule has 24 heavy (non-hydrogen) atoms. The van der Waals surface area contributed by atoms with Crippen molar-refractivity contribution < 1.29 is 39.0 Å². The minimum absolute atomic E-state index is 0.0498. The maximum atomic E-state index is 11.8. The van der Waals surface area contributed by atoms with Crippen molar-refractivity contribution in [1.82, 2.24) is 9.55 Å². The smallest absolute Gasteiger partial charge is 0.383 e. The fourth-order valence-corrected chi connectivity index (χ4v) is 2.90. The molecule has 136 valence electrons. The third-order valence-electron chi connectivity index (χ3n) is 2.97. The molecule has 0 spiro atoms. The molecule has 0 amide bonds. The second kappa shape index (κ2) is 6.71. The van der Waals surface area contributed by atoms with Crippen molar-refractivity contribution in [2.24, 2.45) is 0 Å². The van der Waals surface area contributed by atoms with Crippen LogP contribution in [0.15, 0.2) is 17.1 Å². The molecule has 3 atom stereocenters. The summed E-state index contributed by atoms with van der Waals surface area (Å²) < 4.78 is 75.0. The molecule has 15 heteroatoms. The summed E-state index contributed by atoms with van der Waals surface area (Å²) in [5.74, 6) is -0.0498. The molecule has 2 heterocycles. The number of hydrogen-bond acceptors (Lipinski definition) is 10. The minimum Gasteiger partial charge on any atom is -0.383 e. The van der Waals surface area contributed by atoms with Crippen molar-refractivity contribution in [3.05, 3.63) is 22.7 Å². The van der Waals surface area contributed by atoms with Crippen molar-refractivity contribution in [2.45, 2.75) is 24.9 Å². The second-order valence-electron chi connectivity index (χ2n) is 4.68. The molecule has 0 aliphatic carbocycles. The van der Waals surface area contributed by atoms with E-state index < -0.39 is 51.5 Å². The van der Waals surface area contributed by atoms with Crippen LogP contribution in [0, 0.1) is 0 Å². The van der Waals surface area contributed by atoms with Gasteiger partial charge in [0.2, 0.25) is 0 Å². The third kappa shape index (κ3) is 5.20. The van der Waals surface area contributed by atoms with Crippen LogP contribution in [0.4, 0.5) is 5.82 Å². The molecule has 2 rings (SSSR count). The molecule has 1 aliphatic heterocycles. The Labute approximate surface area is 135 Å². The fraction of sp³-hybridized carbons (Fsp3) is 0.556. The van der Waals surface area contributed by atoms with Crippen LogP contribution < -0.4 is 11.4 Å². The van der Waals surface area contributed by atoms with Crippen LogP contribution in [-0.2, 0) is 33.9 Å². The Morgan fingerprint density at radius 2 is 2.00 bits per heavy atom. The van der Waals surface area contributed by atoms with Gasteiger partial charge in [0.1, 0.15) is 24.3 Å². The normalized spacial score (nSPS) is 25.0. The number of nitrogen functional groups attached to an aromatic ring is 1. The molecule has 1 aliphatic rings. The monoisotopic (exact) mass is 387 g/mol. The zero-order valence-electron chi connectivity index (χ0n) is 11.7. The average Bonchev–Trinajstić information content (AvgIpc) is 2.76. The molecule has 0 radical (unpaired) electrons. The van der Waals surface area contributed by atoms with Crippen LogP contribution in [0.1, 0.15) is 12.6 Å². The van der Waals surface area contributed by atoms with E-state index in [0.717, 1.165) is 4.57 Å². The van der Waals surface area contributed by atoms with Gasteiger partial charge in [-0.2, -0.15) is 21.8 Å². The van der Waals surface area contributed by atoms with Crippen molar-refractivity contribution in [3.8, 4) is 0 Å². The third-order valence-corrected chi connectivity index (χ3v) is 3.89. The first-order valence-electron chi connectivity index (χ1n) is 6.22. The maximum Gasteiger partial charge on any atom is 0.397 e. The number of nitrogens with two attached hydrogens (primary N) is 1. The molecular formula is C9H13N3O10S2. The van der Waals surface area contributed by atoms with Gasteiger partial charge in [-0.1, -0.05) is 0 Å². The molecule has 1 aromatic heterocycles. The Bertz CT molecular complexity index is 864. The Kier molecular flexibility index (Phi) is 5.23. The molecule has 0 bridgehead atoms. The predicted molar refractivity (Wildman–Crippen MR) is 75.4 cm³/mol. The fourth-order valence-electron chi connectivity index (χ4n) is 2.08. The van der Waals surface area contributed by atoms with E-state index >= 15 is 0 Å². The number of anilines is 1. The highest BCUT2D eigenvalue weighted by Gasteiger charge is 2.41. The second-order valence-corrected chi connectivity index (χ2v) is 6.82. The van der Waals surface area contributed by atoms with E-state index in [1.807, 2.05) is 0 Å². The summed E-state index contributed by atoms with van der Waals surface area (Å²) >= 11 is 0. The zero-order valence-corrected chi connectivity index (χ0v) is 13.4. The molecule has 13 nitrogen and oxygen atoms in total. The van der Waals surface area contributed by atoms with Gasteiger partial charge in [-0.3, -0.25) is 13.7 Å². The van der Waals surface area contributed by atoms with E-state index in [1.54, 1.807) is 0 Å². The van der Waals surface area contributed by atoms with Gasteiger partial charge in [0, 0.05) is 12.6 Å². The van der Waals surface area contributed by atoms with Gasteiger partial charge in [0.05, 0.1) is 6.61 Å². The summed E-state index contributed by atoms with van der Waals surface area (Å²) in [5, 5.41) is 0. The van der Waals surface area contributed by atoms with E-state index in [-0.39, 0.29) is 12.2 Å². The first kappa shape index (κ1) is 18.7. The van der Waals surface area contributed by atoms with E-state index in [9.17, 15) is 21.6 Å². The molecular weight excluding hydrogens is 374 g/mol. The number of rotatable bonds is 6. The molecule has 0 unspecified atom stereocenters. The zero-order chi connectivity index (χ0) is 18.1. The molecule has 0 aromatic carbocycles. The van der Waals surface area contributed by atoms with Crippen molar-refractivity contribution in [3.63, 3.8) is 0 Å². The van der Waals surface area contributed by atoms with Crippen molar-refractivity contribution >= 4 is 26.6 Å². The Balaban J connectivity index is 2.23. The molecule has 4 N–H and O–H groups in total. The molecule has 1 fully saturated rings. The number of hydrogen-bond donors (Lipinski definition) is 3. The van der Waals surface area contributed by atoms with E-state index in [1.165, 1.54) is 12.3 Å². The molecule has 1 aromatic rings. The first-order chi connectivity index (χ1) is 10.9. The summed E-state index contributed by atoms with van der Waals surface area (Å²) in [5.41, 5.74) is 4.54. The standard InChI is InChI=1S/C9H13N3O10S2/c10-7-1-2-12(9(13)11-7)8-3-5(22-24(17,18)19)6(21-8)4-20-23(14,15)16/h1-2,5-6,8H,3-4H2,(H2,10,11,13)(H,14,15,16)(H,17,18,19)/t5-,6+,8+/m0/s1. The lowest BCUT2D eigenvalue weighted by molar-refractivity contribution is -0.0380. The number of aromatic nitrogens is 2. The van der Waals surface area contributed by atoms with Crippen molar-refractivity contribution in [2.75, 3.05) is 12.3 Å². The highest BCUT2D eigenvalue weighted by molar-refractivity contribution is 7.81. The highest BCUT2D eigenvalue weighted by Crippen LogP contribution is 2.31. The number of ether oxygens (including phenoxy) is 1. The topological polar surface area (TPSA) is 197 Å². The van der Waals surface area contributed by atoms with Crippen LogP contribution in [0.5, 0.6) is 0 Å². The number of nitrogens with zero attached hydrogens (tertiary/aromatic N) is 2. The van der Waals surface area contributed by atoms with E-state index in [4.69, 9.17) is 19.6 Å². The van der Waals surface area contributed by atoms with Gasteiger partial charge in [0.15, 0.2) is 0 Å². The molecule has 0 saturated carbocycles. The van der Waals surface area contributed by atoms with Crippen LogP contribution in [0.2, 0.25) is 0 Å². The van der Waals surface area contributed by atoms with Gasteiger partial charge in [0.25, 0.3) is 0 Å².